The third-order valence-electron chi connectivity index (χ3n) is 3.72. The summed E-state index contributed by atoms with van der Waals surface area (Å²) in [5.41, 5.74) is 1.63. The SMILES string of the molecule is CN(C(=O)C1Sc2ccccc2N(C)C1=O)c1ccccc1. The summed E-state index contributed by atoms with van der Waals surface area (Å²) in [6.07, 6.45) is 0. The summed E-state index contributed by atoms with van der Waals surface area (Å²) >= 11 is 1.32. The first-order valence-electron chi connectivity index (χ1n) is 6.95. The van der Waals surface area contributed by atoms with E-state index in [4.69, 9.17) is 0 Å². The second-order valence-electron chi connectivity index (χ2n) is 5.10. The van der Waals surface area contributed by atoms with E-state index < -0.39 is 5.25 Å². The lowest BCUT2D eigenvalue weighted by Crippen LogP contribution is -2.47. The number of carbonyl (C=O) groups is 2. The van der Waals surface area contributed by atoms with Crippen molar-refractivity contribution < 1.29 is 9.59 Å². The van der Waals surface area contributed by atoms with E-state index in [1.165, 1.54) is 16.7 Å². The van der Waals surface area contributed by atoms with Crippen molar-refractivity contribution >= 4 is 35.0 Å². The van der Waals surface area contributed by atoms with E-state index in [0.717, 1.165) is 16.3 Å². The van der Waals surface area contributed by atoms with Gasteiger partial charge in [0.25, 0.3) is 0 Å². The second kappa shape index (κ2) is 5.85. The van der Waals surface area contributed by atoms with Crippen LogP contribution in [-0.2, 0) is 9.59 Å². The zero-order chi connectivity index (χ0) is 15.7. The molecular formula is C17H16N2O2S. The molecule has 112 valence electrons. The molecule has 1 atom stereocenters. The van der Waals surface area contributed by atoms with Crippen LogP contribution in [0.2, 0.25) is 0 Å². The van der Waals surface area contributed by atoms with Crippen molar-refractivity contribution in [1.29, 1.82) is 0 Å². The highest BCUT2D eigenvalue weighted by Crippen LogP contribution is 2.39. The zero-order valence-corrected chi connectivity index (χ0v) is 13.2. The molecular weight excluding hydrogens is 296 g/mol. The monoisotopic (exact) mass is 312 g/mol. The molecule has 4 nitrogen and oxygen atoms in total. The Morgan fingerprint density at radius 1 is 1.09 bits per heavy atom. The van der Waals surface area contributed by atoms with Crippen LogP contribution in [0.5, 0.6) is 0 Å². The van der Waals surface area contributed by atoms with Crippen molar-refractivity contribution in [1.82, 2.24) is 0 Å². The smallest absolute Gasteiger partial charge is 0.249 e. The van der Waals surface area contributed by atoms with Gasteiger partial charge in [0.2, 0.25) is 11.8 Å². The van der Waals surface area contributed by atoms with Gasteiger partial charge in [-0.05, 0) is 24.3 Å². The van der Waals surface area contributed by atoms with E-state index in [9.17, 15) is 9.59 Å². The Labute approximate surface area is 133 Å². The number of rotatable bonds is 2. The molecule has 0 aliphatic carbocycles. The highest BCUT2D eigenvalue weighted by molar-refractivity contribution is 8.01. The van der Waals surface area contributed by atoms with E-state index in [1.807, 2.05) is 54.6 Å². The first-order valence-corrected chi connectivity index (χ1v) is 7.83. The van der Waals surface area contributed by atoms with E-state index in [2.05, 4.69) is 0 Å². The van der Waals surface area contributed by atoms with Crippen LogP contribution in [-0.4, -0.2) is 31.2 Å². The Balaban J connectivity index is 1.89. The molecule has 0 bridgehead atoms. The van der Waals surface area contributed by atoms with Gasteiger partial charge >= 0.3 is 0 Å². The number of thioether (sulfide) groups is 1. The molecule has 22 heavy (non-hydrogen) atoms. The van der Waals surface area contributed by atoms with Crippen molar-refractivity contribution in [3.05, 3.63) is 54.6 Å². The van der Waals surface area contributed by atoms with Gasteiger partial charge in [-0.25, -0.2) is 0 Å². The molecule has 2 aromatic rings. The van der Waals surface area contributed by atoms with Crippen molar-refractivity contribution in [3.63, 3.8) is 0 Å². The van der Waals surface area contributed by atoms with Crippen molar-refractivity contribution in [2.24, 2.45) is 0 Å². The topological polar surface area (TPSA) is 40.6 Å². The highest BCUT2D eigenvalue weighted by Gasteiger charge is 2.38. The van der Waals surface area contributed by atoms with Gasteiger partial charge in [0.1, 0.15) is 0 Å². The van der Waals surface area contributed by atoms with E-state index in [1.54, 1.807) is 19.0 Å². The van der Waals surface area contributed by atoms with Gasteiger partial charge in [-0.1, -0.05) is 30.3 Å². The van der Waals surface area contributed by atoms with Gasteiger partial charge in [0.05, 0.1) is 5.69 Å². The quantitative estimate of drug-likeness (QED) is 0.801. The van der Waals surface area contributed by atoms with Gasteiger partial charge in [-0.2, -0.15) is 0 Å². The zero-order valence-electron chi connectivity index (χ0n) is 12.4. The van der Waals surface area contributed by atoms with Gasteiger partial charge in [-0.15, -0.1) is 11.8 Å². The molecule has 0 aromatic heterocycles. The Bertz CT molecular complexity index is 718. The number of amides is 2. The molecule has 0 radical (unpaired) electrons. The number of nitrogens with zero attached hydrogens (tertiary/aromatic N) is 2. The summed E-state index contributed by atoms with van der Waals surface area (Å²) in [5, 5.41) is -0.745. The summed E-state index contributed by atoms with van der Waals surface area (Å²) in [6.45, 7) is 0. The number of carbonyl (C=O) groups excluding carboxylic acids is 2. The molecule has 0 spiro atoms. The fraction of sp³-hybridized carbons (Fsp3) is 0.176. The van der Waals surface area contributed by atoms with Crippen LogP contribution in [0.15, 0.2) is 59.5 Å². The summed E-state index contributed by atoms with van der Waals surface area (Å²) in [5.74, 6) is -0.390. The maximum absolute atomic E-state index is 12.7. The van der Waals surface area contributed by atoms with Crippen LogP contribution in [0.4, 0.5) is 11.4 Å². The van der Waals surface area contributed by atoms with Crippen molar-refractivity contribution in [2.45, 2.75) is 10.1 Å². The average Bonchev–Trinajstić information content (AvgIpc) is 2.57. The molecule has 0 saturated heterocycles. The molecule has 0 N–H and O–H groups in total. The minimum absolute atomic E-state index is 0.184. The predicted molar refractivity (Wildman–Crippen MR) is 89.3 cm³/mol. The third-order valence-corrected chi connectivity index (χ3v) is 4.96. The maximum Gasteiger partial charge on any atom is 0.249 e. The van der Waals surface area contributed by atoms with Crippen molar-refractivity contribution in [2.75, 3.05) is 23.9 Å². The normalized spacial score (nSPS) is 17.1. The molecule has 1 aliphatic heterocycles. The largest absolute Gasteiger partial charge is 0.314 e. The molecule has 5 heteroatoms. The lowest BCUT2D eigenvalue weighted by molar-refractivity contribution is -0.125. The number of fused-ring (bicyclic) bond motifs is 1. The molecule has 2 aromatic carbocycles. The molecule has 2 amide bonds. The van der Waals surface area contributed by atoms with E-state index >= 15 is 0 Å². The third kappa shape index (κ3) is 2.48. The van der Waals surface area contributed by atoms with Crippen LogP contribution in [0, 0.1) is 0 Å². The molecule has 3 rings (SSSR count). The Morgan fingerprint density at radius 2 is 1.73 bits per heavy atom. The number of anilines is 2. The van der Waals surface area contributed by atoms with Gasteiger partial charge in [0, 0.05) is 24.7 Å². The predicted octanol–water partition coefficient (Wildman–Crippen LogP) is 2.79. The van der Waals surface area contributed by atoms with Crippen LogP contribution in [0.25, 0.3) is 0 Å². The standard InChI is InChI=1S/C17H16N2O2S/c1-18(12-8-4-3-5-9-12)16(20)15-17(21)19(2)13-10-6-7-11-14(13)22-15/h3-11,15H,1-2H3. The number of para-hydroxylation sites is 2. The van der Waals surface area contributed by atoms with Crippen LogP contribution in [0.3, 0.4) is 0 Å². The summed E-state index contributed by atoms with van der Waals surface area (Å²) in [4.78, 5) is 29.3. The summed E-state index contributed by atoms with van der Waals surface area (Å²) in [7, 11) is 3.41. The maximum atomic E-state index is 12.7. The average molecular weight is 312 g/mol. The fourth-order valence-corrected chi connectivity index (χ4v) is 3.67. The molecule has 1 aliphatic rings. The lowest BCUT2D eigenvalue weighted by Gasteiger charge is -2.32. The molecule has 1 heterocycles. The van der Waals surface area contributed by atoms with Gasteiger partial charge in [0.15, 0.2) is 5.25 Å². The Morgan fingerprint density at radius 3 is 2.45 bits per heavy atom. The number of benzene rings is 2. The highest BCUT2D eigenvalue weighted by atomic mass is 32.2. The number of hydrogen-bond acceptors (Lipinski definition) is 3. The van der Waals surface area contributed by atoms with Crippen molar-refractivity contribution in [3.8, 4) is 0 Å². The number of hydrogen-bond donors (Lipinski definition) is 0. The summed E-state index contributed by atoms with van der Waals surface area (Å²) in [6, 6.07) is 17.0. The van der Waals surface area contributed by atoms with E-state index in [-0.39, 0.29) is 11.8 Å². The van der Waals surface area contributed by atoms with Gasteiger partial charge < -0.3 is 9.80 Å². The van der Waals surface area contributed by atoms with Crippen LogP contribution < -0.4 is 9.80 Å². The fourth-order valence-electron chi connectivity index (χ4n) is 2.42. The summed E-state index contributed by atoms with van der Waals surface area (Å²) < 4.78 is 0. The first kappa shape index (κ1) is 14.7. The minimum Gasteiger partial charge on any atom is -0.314 e. The molecule has 1 unspecified atom stereocenters. The Hall–Kier alpha value is -2.27. The Kier molecular flexibility index (Phi) is 3.90. The molecule has 0 fully saturated rings. The lowest BCUT2D eigenvalue weighted by atomic mass is 10.2. The molecule has 0 saturated carbocycles. The van der Waals surface area contributed by atoms with E-state index in [0.29, 0.717) is 0 Å². The minimum atomic E-state index is -0.745. The second-order valence-corrected chi connectivity index (χ2v) is 6.24. The van der Waals surface area contributed by atoms with Crippen LogP contribution in [0.1, 0.15) is 0 Å². The van der Waals surface area contributed by atoms with Crippen LogP contribution >= 0.6 is 11.8 Å². The van der Waals surface area contributed by atoms with Gasteiger partial charge in [-0.3, -0.25) is 9.59 Å². The first-order chi connectivity index (χ1) is 10.6.